The van der Waals surface area contributed by atoms with Crippen molar-refractivity contribution in [3.8, 4) is 0 Å². The van der Waals surface area contributed by atoms with Crippen molar-refractivity contribution >= 4 is 5.82 Å². The van der Waals surface area contributed by atoms with E-state index >= 15 is 0 Å². The van der Waals surface area contributed by atoms with Crippen molar-refractivity contribution in [1.82, 2.24) is 9.97 Å². The van der Waals surface area contributed by atoms with Gasteiger partial charge in [0, 0.05) is 25.6 Å². The van der Waals surface area contributed by atoms with E-state index in [0.29, 0.717) is 13.2 Å². The van der Waals surface area contributed by atoms with E-state index in [1.54, 1.807) is 0 Å². The molecule has 0 atom stereocenters. The van der Waals surface area contributed by atoms with E-state index in [2.05, 4.69) is 5.32 Å². The predicted molar refractivity (Wildman–Crippen MR) is 76.7 cm³/mol. The van der Waals surface area contributed by atoms with Crippen LogP contribution in [0.15, 0.2) is 0 Å². The molecule has 1 fully saturated rings. The van der Waals surface area contributed by atoms with Crippen LogP contribution in [0.25, 0.3) is 0 Å². The summed E-state index contributed by atoms with van der Waals surface area (Å²) < 4.78 is 11.6. The highest BCUT2D eigenvalue weighted by atomic mass is 16.5. The molecule has 5 heteroatoms. The maximum absolute atomic E-state index is 6.08. The van der Waals surface area contributed by atoms with Gasteiger partial charge in [-0.1, -0.05) is 0 Å². The van der Waals surface area contributed by atoms with Crippen LogP contribution >= 0.6 is 0 Å². The molecule has 1 saturated carbocycles. The summed E-state index contributed by atoms with van der Waals surface area (Å²) in [5, 5.41) is 3.19. The zero-order valence-corrected chi connectivity index (χ0v) is 12.4. The summed E-state index contributed by atoms with van der Waals surface area (Å²) in [7, 11) is 1.91. The number of rotatable bonds is 4. The fourth-order valence-corrected chi connectivity index (χ4v) is 3.30. The summed E-state index contributed by atoms with van der Waals surface area (Å²) in [6, 6.07) is 0. The number of hydrogen-bond acceptors (Lipinski definition) is 5. The highest BCUT2D eigenvalue weighted by Crippen LogP contribution is 2.41. The summed E-state index contributed by atoms with van der Waals surface area (Å²) in [6.45, 7) is 4.10. The topological polar surface area (TPSA) is 56.3 Å². The highest BCUT2D eigenvalue weighted by molar-refractivity contribution is 5.47. The van der Waals surface area contributed by atoms with Crippen molar-refractivity contribution in [2.75, 3.05) is 25.6 Å². The fourth-order valence-electron chi connectivity index (χ4n) is 3.30. The third kappa shape index (κ3) is 2.29. The lowest BCUT2D eigenvalue weighted by atomic mass is 9.99. The van der Waals surface area contributed by atoms with Gasteiger partial charge in [0.25, 0.3) is 0 Å². The quantitative estimate of drug-likeness (QED) is 0.916. The fraction of sp³-hybridized carbons (Fsp3) is 0.733. The van der Waals surface area contributed by atoms with Crippen LogP contribution in [-0.4, -0.2) is 30.2 Å². The Balaban J connectivity index is 2.04. The minimum atomic E-state index is -0.270. The van der Waals surface area contributed by atoms with Gasteiger partial charge in [-0.15, -0.1) is 0 Å². The molecule has 2 aliphatic rings. The average molecular weight is 277 g/mol. The number of anilines is 1. The Labute approximate surface area is 120 Å². The van der Waals surface area contributed by atoms with E-state index in [1.165, 1.54) is 12.8 Å². The minimum Gasteiger partial charge on any atom is -0.376 e. The number of nitrogens with one attached hydrogen (secondary N) is 1. The number of nitrogens with zero attached hydrogens (tertiary/aromatic N) is 2. The third-order valence-electron chi connectivity index (χ3n) is 4.30. The minimum absolute atomic E-state index is 0.270. The Morgan fingerprint density at radius 1 is 1.30 bits per heavy atom. The molecule has 0 spiro atoms. The molecule has 110 valence electrons. The van der Waals surface area contributed by atoms with Crippen LogP contribution in [0.4, 0.5) is 5.82 Å². The summed E-state index contributed by atoms with van der Waals surface area (Å²) in [5.74, 6) is 1.76. The Morgan fingerprint density at radius 3 is 2.80 bits per heavy atom. The molecule has 3 rings (SSSR count). The normalized spacial score (nSPS) is 20.7. The summed E-state index contributed by atoms with van der Waals surface area (Å²) in [6.07, 6.45) is 5.30. The molecule has 1 N–H and O–H groups in total. The van der Waals surface area contributed by atoms with E-state index in [9.17, 15) is 0 Å². The maximum atomic E-state index is 6.08. The van der Waals surface area contributed by atoms with E-state index in [1.807, 2.05) is 14.0 Å². The second-order valence-corrected chi connectivity index (χ2v) is 5.51. The van der Waals surface area contributed by atoms with Gasteiger partial charge in [0.2, 0.25) is 0 Å². The van der Waals surface area contributed by atoms with Gasteiger partial charge in [-0.3, -0.25) is 0 Å². The lowest BCUT2D eigenvalue weighted by Crippen LogP contribution is -2.31. The first-order valence-corrected chi connectivity index (χ1v) is 7.59. The van der Waals surface area contributed by atoms with Crippen molar-refractivity contribution in [1.29, 1.82) is 0 Å². The van der Waals surface area contributed by atoms with Crippen LogP contribution in [0, 0.1) is 0 Å². The molecule has 1 aliphatic carbocycles. The Hall–Kier alpha value is -1.20. The molecule has 0 saturated heterocycles. The molecule has 0 radical (unpaired) electrons. The zero-order valence-electron chi connectivity index (χ0n) is 12.4. The molecular weight excluding hydrogens is 254 g/mol. The molecular formula is C15H23N3O2. The van der Waals surface area contributed by atoms with Gasteiger partial charge in [0.1, 0.15) is 11.4 Å². The van der Waals surface area contributed by atoms with Gasteiger partial charge in [-0.25, -0.2) is 9.97 Å². The summed E-state index contributed by atoms with van der Waals surface area (Å²) >= 11 is 0. The lowest BCUT2D eigenvalue weighted by molar-refractivity contribution is -0.0459. The first-order valence-electron chi connectivity index (χ1n) is 7.59. The first kappa shape index (κ1) is 13.8. The standard InChI is InChI=1S/C15H23N3O2/c1-3-20-15(7-4-5-8-15)14-17-12-6-9-19-10-11(12)13(16-2)18-14/h3-10H2,1-2H3,(H,16,17,18). The van der Waals surface area contributed by atoms with Gasteiger partial charge >= 0.3 is 0 Å². The van der Waals surface area contributed by atoms with Crippen LogP contribution in [0.3, 0.4) is 0 Å². The van der Waals surface area contributed by atoms with Crippen molar-refractivity contribution in [2.24, 2.45) is 0 Å². The van der Waals surface area contributed by atoms with Gasteiger partial charge in [0.05, 0.1) is 18.9 Å². The monoisotopic (exact) mass is 277 g/mol. The van der Waals surface area contributed by atoms with Crippen LogP contribution in [0.5, 0.6) is 0 Å². The van der Waals surface area contributed by atoms with Crippen LogP contribution in [0.1, 0.15) is 49.7 Å². The molecule has 1 aromatic rings. The molecule has 20 heavy (non-hydrogen) atoms. The molecule has 0 unspecified atom stereocenters. The van der Waals surface area contributed by atoms with Crippen LogP contribution in [0.2, 0.25) is 0 Å². The SMILES string of the molecule is CCOC1(c2nc3c(c(NC)n2)COCC3)CCCC1. The molecule has 1 aliphatic heterocycles. The van der Waals surface area contributed by atoms with E-state index < -0.39 is 0 Å². The highest BCUT2D eigenvalue weighted by Gasteiger charge is 2.40. The van der Waals surface area contributed by atoms with Gasteiger partial charge in [-0.05, 0) is 32.6 Å². The molecule has 1 aromatic heterocycles. The van der Waals surface area contributed by atoms with Crippen molar-refractivity contribution in [2.45, 2.75) is 51.2 Å². The van der Waals surface area contributed by atoms with Gasteiger partial charge in [0.15, 0.2) is 5.82 Å². The third-order valence-corrected chi connectivity index (χ3v) is 4.30. The first-order chi connectivity index (χ1) is 9.79. The largest absolute Gasteiger partial charge is 0.376 e. The average Bonchev–Trinajstić information content (AvgIpc) is 2.96. The molecule has 0 aromatic carbocycles. The summed E-state index contributed by atoms with van der Waals surface area (Å²) in [4.78, 5) is 9.59. The number of aromatic nitrogens is 2. The van der Waals surface area contributed by atoms with E-state index in [0.717, 1.165) is 48.8 Å². The zero-order chi connectivity index (χ0) is 14.0. The molecule has 0 amide bonds. The Kier molecular flexibility index (Phi) is 3.89. The lowest BCUT2D eigenvalue weighted by Gasteiger charge is -2.29. The Morgan fingerprint density at radius 2 is 2.10 bits per heavy atom. The molecule has 5 nitrogen and oxygen atoms in total. The maximum Gasteiger partial charge on any atom is 0.162 e. The van der Waals surface area contributed by atoms with E-state index in [4.69, 9.17) is 19.4 Å². The predicted octanol–water partition coefficient (Wildman–Crippen LogP) is 2.40. The van der Waals surface area contributed by atoms with Crippen LogP contribution in [-0.2, 0) is 28.1 Å². The number of hydrogen-bond donors (Lipinski definition) is 1. The van der Waals surface area contributed by atoms with Gasteiger partial charge < -0.3 is 14.8 Å². The Bertz CT molecular complexity index is 467. The number of ether oxygens (including phenoxy) is 2. The van der Waals surface area contributed by atoms with Crippen molar-refractivity contribution < 1.29 is 9.47 Å². The second kappa shape index (κ2) is 5.66. The van der Waals surface area contributed by atoms with Crippen molar-refractivity contribution in [3.05, 3.63) is 17.1 Å². The second-order valence-electron chi connectivity index (χ2n) is 5.51. The van der Waals surface area contributed by atoms with Gasteiger partial charge in [-0.2, -0.15) is 0 Å². The van der Waals surface area contributed by atoms with E-state index in [-0.39, 0.29) is 5.60 Å². The number of fused-ring (bicyclic) bond motifs is 1. The molecule has 0 bridgehead atoms. The smallest absolute Gasteiger partial charge is 0.162 e. The molecule has 2 heterocycles. The van der Waals surface area contributed by atoms with Crippen LogP contribution < -0.4 is 5.32 Å². The summed E-state index contributed by atoms with van der Waals surface area (Å²) in [5.41, 5.74) is 1.96. The van der Waals surface area contributed by atoms with Crippen molar-refractivity contribution in [3.63, 3.8) is 0 Å².